The minimum atomic E-state index is 0.659. The molecule has 0 radical (unpaired) electrons. The van der Waals surface area contributed by atoms with Crippen LogP contribution in [0.2, 0.25) is 0 Å². The first-order valence-corrected chi connectivity index (χ1v) is 41.9. The Morgan fingerprint density at radius 2 is 0.458 bits per heavy atom. The van der Waals surface area contributed by atoms with Crippen LogP contribution in [-0.4, -0.2) is 48.2 Å². The van der Waals surface area contributed by atoms with Crippen molar-refractivity contribution in [3.63, 3.8) is 0 Å². The van der Waals surface area contributed by atoms with E-state index in [0.29, 0.717) is 34.9 Å². The smallest absolute Gasteiger partial charge is 0.164 e. The van der Waals surface area contributed by atoms with Gasteiger partial charge in [-0.15, -0.1) is 22.7 Å². The van der Waals surface area contributed by atoms with Crippen molar-refractivity contribution in [2.75, 3.05) is 0 Å². The largest absolute Gasteiger partial charge is 0.309 e. The van der Waals surface area contributed by atoms with Crippen LogP contribution in [0.5, 0.6) is 0 Å². The van der Waals surface area contributed by atoms with Crippen molar-refractivity contribution >= 4 is 150 Å². The normalized spacial score (nSPS) is 11.8. The highest BCUT2D eigenvalue weighted by atomic mass is 32.1. The number of rotatable bonds is 11. The predicted molar refractivity (Wildman–Crippen MR) is 501 cm³/mol. The van der Waals surface area contributed by atoms with Gasteiger partial charge in [-0.05, 0) is 139 Å². The Morgan fingerprint density at radius 1 is 0.158 bits per heavy atom. The molecule has 0 spiro atoms. The van der Waals surface area contributed by atoms with Gasteiger partial charge < -0.3 is 18.3 Å². The number of hydrogen-bond donors (Lipinski definition) is 0. The molecule has 0 amide bonds. The van der Waals surface area contributed by atoms with Gasteiger partial charge in [0.1, 0.15) is 0 Å². The first-order chi connectivity index (χ1) is 59.5. The zero-order chi connectivity index (χ0) is 78.9. The number of nitrogens with zero attached hydrogens (tertiary/aromatic N) is 10. The molecule has 10 nitrogen and oxygen atoms in total. The number of thiophene rings is 2. The van der Waals surface area contributed by atoms with Crippen LogP contribution in [0.1, 0.15) is 0 Å². The number of benzene rings is 17. The van der Waals surface area contributed by atoms with Crippen molar-refractivity contribution < 1.29 is 0 Å². The molecule has 0 aliphatic rings. The summed E-state index contributed by atoms with van der Waals surface area (Å²) in [4.78, 5) is 29.8. The van der Waals surface area contributed by atoms with Crippen molar-refractivity contribution in [2.24, 2.45) is 0 Å². The second-order valence-corrected chi connectivity index (χ2v) is 32.6. The quantitative estimate of drug-likeness (QED) is 0.128. The van der Waals surface area contributed by atoms with E-state index in [0.717, 1.165) is 50.4 Å². The number of para-hydroxylation sites is 6. The van der Waals surface area contributed by atoms with Crippen LogP contribution in [0.25, 0.3) is 230 Å². The Hall–Kier alpha value is -15.6. The van der Waals surface area contributed by atoms with Crippen LogP contribution in [0, 0.1) is 0 Å². The summed E-state index contributed by atoms with van der Waals surface area (Å²) in [7, 11) is 0. The molecular formula is C108H66N10S2. The first-order valence-electron chi connectivity index (χ1n) is 40.3. The lowest BCUT2D eigenvalue weighted by molar-refractivity contribution is 1.07. The zero-order valence-corrected chi connectivity index (χ0v) is 66.0. The average Bonchev–Trinajstić information content (AvgIpc) is 1.54. The summed E-state index contributed by atoms with van der Waals surface area (Å²) in [6.07, 6.45) is 0. The molecule has 0 unspecified atom stereocenters. The van der Waals surface area contributed by atoms with Crippen LogP contribution in [0.3, 0.4) is 0 Å². The van der Waals surface area contributed by atoms with E-state index in [1.807, 2.05) is 121 Å². The molecule has 0 atom stereocenters. The predicted octanol–water partition coefficient (Wildman–Crippen LogP) is 28.5. The van der Waals surface area contributed by atoms with Crippen molar-refractivity contribution in [1.82, 2.24) is 48.2 Å². The zero-order valence-electron chi connectivity index (χ0n) is 64.4. The third kappa shape index (κ3) is 11.4. The molecule has 8 heterocycles. The maximum Gasteiger partial charge on any atom is 0.164 e. The molecule has 0 N–H and O–H groups in total. The molecular weight excluding hydrogens is 1500 g/mol. The molecule has 0 aliphatic carbocycles. The molecule has 12 heteroatoms. The van der Waals surface area contributed by atoms with Gasteiger partial charge in [-0.1, -0.05) is 273 Å². The van der Waals surface area contributed by atoms with E-state index in [9.17, 15) is 0 Å². The van der Waals surface area contributed by atoms with Crippen LogP contribution in [0.15, 0.2) is 400 Å². The first kappa shape index (κ1) is 68.8. The minimum absolute atomic E-state index is 0.659. The fourth-order valence-corrected chi connectivity index (χ4v) is 20.3. The second-order valence-electron chi connectivity index (χ2n) is 30.5. The van der Waals surface area contributed by atoms with Gasteiger partial charge >= 0.3 is 0 Å². The molecule has 560 valence electrons. The van der Waals surface area contributed by atoms with Gasteiger partial charge in [0, 0.05) is 140 Å². The molecule has 25 rings (SSSR count). The van der Waals surface area contributed by atoms with Crippen LogP contribution < -0.4 is 0 Å². The highest BCUT2D eigenvalue weighted by Gasteiger charge is 2.25. The lowest BCUT2D eigenvalue weighted by Gasteiger charge is -2.10. The van der Waals surface area contributed by atoms with Gasteiger partial charge in [-0.2, -0.15) is 0 Å². The van der Waals surface area contributed by atoms with Gasteiger partial charge in [0.25, 0.3) is 0 Å². The van der Waals surface area contributed by atoms with Crippen LogP contribution in [0.4, 0.5) is 0 Å². The van der Waals surface area contributed by atoms with E-state index in [1.54, 1.807) is 22.7 Å². The third-order valence-electron chi connectivity index (χ3n) is 23.5. The summed E-state index contributed by atoms with van der Waals surface area (Å²) in [6.45, 7) is 0. The van der Waals surface area contributed by atoms with Crippen LogP contribution in [-0.2, 0) is 0 Å². The fourth-order valence-electron chi connectivity index (χ4n) is 18.0. The molecule has 0 saturated carbocycles. The lowest BCUT2D eigenvalue weighted by atomic mass is 10.0. The van der Waals surface area contributed by atoms with Crippen molar-refractivity contribution in [2.45, 2.75) is 0 Å². The van der Waals surface area contributed by atoms with Crippen LogP contribution >= 0.6 is 22.7 Å². The molecule has 0 bridgehead atoms. The van der Waals surface area contributed by atoms with Gasteiger partial charge in [0.15, 0.2) is 34.9 Å². The molecule has 120 heavy (non-hydrogen) atoms. The van der Waals surface area contributed by atoms with Gasteiger partial charge in [0.05, 0.1) is 44.1 Å². The highest BCUT2D eigenvalue weighted by Crippen LogP contribution is 2.47. The van der Waals surface area contributed by atoms with E-state index < -0.39 is 0 Å². The van der Waals surface area contributed by atoms with Gasteiger partial charge in [-0.3, -0.25) is 0 Å². The Kier molecular flexibility index (Phi) is 16.1. The lowest BCUT2D eigenvalue weighted by Crippen LogP contribution is -1.99. The molecule has 25 aromatic rings. The molecule has 0 saturated heterocycles. The van der Waals surface area contributed by atoms with E-state index in [2.05, 4.69) is 297 Å². The van der Waals surface area contributed by atoms with Gasteiger partial charge in [0.2, 0.25) is 0 Å². The molecule has 0 fully saturated rings. The minimum Gasteiger partial charge on any atom is -0.309 e. The fraction of sp³-hybridized carbons (Fsp3) is 0. The summed E-state index contributed by atoms with van der Waals surface area (Å²) in [5, 5.41) is 14.9. The Labute approximate surface area is 696 Å². The summed E-state index contributed by atoms with van der Waals surface area (Å²) in [6, 6.07) is 143. The summed E-state index contributed by atoms with van der Waals surface area (Å²) >= 11 is 3.61. The standard InChI is InChI=1S/C57H35N5S.C51H31N5S/c1-4-14-36(15-5-1)55-58-56(37-16-6-2-7-17-37)60-57(59-55)40-24-28-45-48-35-42(27-31-53(48)63-54(45)34-40)62-50-23-13-11-21-44(50)47-33-39(26-30-52(47)62)38-25-29-51-46(32-38)43-20-10-12-22-49(43)61(51)41-18-8-3-9-19-41;1-4-14-32(15-5-1)49-52-50(33-16-6-2-7-17-33)54-51(53-49)34-24-26-38-41-31-36(25-29-45(41)57-46(38)30-34)55-43-23-13-11-21-40(43)47-44(55)28-27-39-37-20-10-12-22-42(37)56(48(39)47)35-18-8-3-9-19-35/h1-35H;1-31H. The summed E-state index contributed by atoms with van der Waals surface area (Å²) < 4.78 is 14.5. The number of fused-ring (bicyclic) bond motifs is 19. The Morgan fingerprint density at radius 3 is 0.883 bits per heavy atom. The Balaban J connectivity index is 0.000000137. The van der Waals surface area contributed by atoms with Crippen molar-refractivity contribution in [1.29, 1.82) is 0 Å². The maximum absolute atomic E-state index is 5.01. The number of hydrogen-bond acceptors (Lipinski definition) is 8. The van der Waals surface area contributed by atoms with Gasteiger partial charge in [-0.25, -0.2) is 29.9 Å². The van der Waals surface area contributed by atoms with E-state index in [4.69, 9.17) is 29.9 Å². The summed E-state index contributed by atoms with van der Waals surface area (Å²) in [5.41, 5.74) is 22.3. The molecule has 17 aromatic carbocycles. The van der Waals surface area contributed by atoms with E-state index in [1.165, 1.54) is 144 Å². The second kappa shape index (κ2) is 28.1. The van der Waals surface area contributed by atoms with E-state index >= 15 is 0 Å². The maximum atomic E-state index is 5.01. The molecule has 0 aliphatic heterocycles. The Bertz CT molecular complexity index is 8280. The summed E-state index contributed by atoms with van der Waals surface area (Å²) in [5.74, 6) is 3.96. The highest BCUT2D eigenvalue weighted by molar-refractivity contribution is 7.26. The molecule has 8 aromatic heterocycles. The monoisotopic (exact) mass is 1570 g/mol. The third-order valence-corrected chi connectivity index (χ3v) is 25.8. The average molecular weight is 1570 g/mol. The number of aromatic nitrogens is 10. The topological polar surface area (TPSA) is 97.1 Å². The van der Waals surface area contributed by atoms with E-state index in [-0.39, 0.29) is 0 Å². The van der Waals surface area contributed by atoms with Crippen molar-refractivity contribution in [3.8, 4) is 102 Å². The van der Waals surface area contributed by atoms with Crippen molar-refractivity contribution in [3.05, 3.63) is 400 Å². The SMILES string of the molecule is c1ccc(-c2nc(-c3ccccc3)nc(-c3ccc4c(c3)sc3ccc(-n5c6ccccc6c6c5ccc5c7ccccc7n(-c7ccccc7)c56)cc34)n2)cc1.c1ccc(-c2nc(-c3ccccc3)nc(-c3ccc4c(c3)sc3ccc(-n5c6ccccc6c6cc(-c7ccc8c(c7)c7ccccc7n8-c7ccccc7)ccc65)cc34)n2)cc1.